The van der Waals surface area contributed by atoms with Crippen molar-refractivity contribution < 1.29 is 4.74 Å². The molecule has 3 rings (SSSR count). The summed E-state index contributed by atoms with van der Waals surface area (Å²) in [6.45, 7) is 0.498. The normalized spacial score (nSPS) is 10.3. The van der Waals surface area contributed by atoms with Gasteiger partial charge in [0.1, 0.15) is 6.61 Å². The van der Waals surface area contributed by atoms with E-state index in [9.17, 15) is 0 Å². The number of benzene rings is 1. The SMILES string of the molecule is c1ccc(COc2ccn(-c3cnccn3)n2)cc1. The Hall–Kier alpha value is -2.69. The van der Waals surface area contributed by atoms with E-state index in [0.717, 1.165) is 5.56 Å². The highest BCUT2D eigenvalue weighted by atomic mass is 16.5. The summed E-state index contributed by atoms with van der Waals surface area (Å²) >= 11 is 0. The van der Waals surface area contributed by atoms with Crippen LogP contribution in [0, 0.1) is 0 Å². The highest BCUT2D eigenvalue weighted by Crippen LogP contribution is 2.11. The predicted octanol–water partition coefficient (Wildman–Crippen LogP) is 2.24. The Kier molecular flexibility index (Phi) is 3.18. The quantitative estimate of drug-likeness (QED) is 0.714. The average Bonchev–Trinajstić information content (AvgIpc) is 2.96. The summed E-state index contributed by atoms with van der Waals surface area (Å²) in [5.74, 6) is 1.23. The van der Waals surface area contributed by atoms with Crippen LogP contribution in [0.4, 0.5) is 0 Å². The van der Waals surface area contributed by atoms with E-state index in [1.165, 1.54) is 0 Å². The van der Waals surface area contributed by atoms with E-state index >= 15 is 0 Å². The lowest BCUT2D eigenvalue weighted by Gasteiger charge is -2.02. The molecule has 94 valence electrons. The fourth-order valence-corrected chi connectivity index (χ4v) is 1.65. The molecule has 0 unspecified atom stereocenters. The Morgan fingerprint density at radius 1 is 1.05 bits per heavy atom. The fraction of sp³-hybridized carbons (Fsp3) is 0.0714. The third-order valence-corrected chi connectivity index (χ3v) is 2.58. The van der Waals surface area contributed by atoms with Gasteiger partial charge in [0, 0.05) is 24.7 Å². The van der Waals surface area contributed by atoms with Crippen LogP contribution in [0.25, 0.3) is 5.82 Å². The van der Waals surface area contributed by atoms with Gasteiger partial charge in [-0.1, -0.05) is 30.3 Å². The Balaban J connectivity index is 1.69. The zero-order chi connectivity index (χ0) is 12.9. The molecule has 0 fully saturated rings. The van der Waals surface area contributed by atoms with Crippen molar-refractivity contribution in [1.29, 1.82) is 0 Å². The molecule has 19 heavy (non-hydrogen) atoms. The van der Waals surface area contributed by atoms with Gasteiger partial charge < -0.3 is 4.74 Å². The van der Waals surface area contributed by atoms with E-state index in [-0.39, 0.29) is 0 Å². The van der Waals surface area contributed by atoms with Crippen molar-refractivity contribution in [3.63, 3.8) is 0 Å². The Morgan fingerprint density at radius 3 is 2.74 bits per heavy atom. The van der Waals surface area contributed by atoms with Gasteiger partial charge in [-0.25, -0.2) is 9.67 Å². The van der Waals surface area contributed by atoms with Crippen LogP contribution in [-0.4, -0.2) is 19.7 Å². The van der Waals surface area contributed by atoms with Crippen LogP contribution in [-0.2, 0) is 6.61 Å². The third kappa shape index (κ3) is 2.77. The minimum absolute atomic E-state index is 0.498. The molecule has 0 saturated heterocycles. The Bertz CT molecular complexity index is 637. The Labute approximate surface area is 110 Å². The van der Waals surface area contributed by atoms with Crippen LogP contribution in [0.1, 0.15) is 5.56 Å². The minimum atomic E-state index is 0.498. The van der Waals surface area contributed by atoms with E-state index in [1.807, 2.05) is 30.3 Å². The highest BCUT2D eigenvalue weighted by Gasteiger charge is 2.03. The van der Waals surface area contributed by atoms with Crippen molar-refractivity contribution in [3.05, 3.63) is 66.7 Å². The summed E-state index contributed by atoms with van der Waals surface area (Å²) in [6.07, 6.45) is 6.69. The van der Waals surface area contributed by atoms with Crippen LogP contribution < -0.4 is 4.74 Å². The largest absolute Gasteiger partial charge is 0.472 e. The summed E-state index contributed by atoms with van der Waals surface area (Å²) in [7, 11) is 0. The molecule has 1 aromatic carbocycles. The number of hydrogen-bond acceptors (Lipinski definition) is 4. The molecule has 0 spiro atoms. The molecule has 0 saturated carbocycles. The molecule has 0 bridgehead atoms. The maximum absolute atomic E-state index is 5.61. The van der Waals surface area contributed by atoms with Crippen molar-refractivity contribution in [1.82, 2.24) is 19.7 Å². The van der Waals surface area contributed by atoms with Crippen LogP contribution >= 0.6 is 0 Å². The molecular formula is C14H12N4O. The predicted molar refractivity (Wildman–Crippen MR) is 69.9 cm³/mol. The average molecular weight is 252 g/mol. The third-order valence-electron chi connectivity index (χ3n) is 2.58. The second-order valence-corrected chi connectivity index (χ2v) is 3.94. The van der Waals surface area contributed by atoms with Crippen LogP contribution in [0.2, 0.25) is 0 Å². The fourth-order valence-electron chi connectivity index (χ4n) is 1.65. The lowest BCUT2D eigenvalue weighted by atomic mass is 10.2. The van der Waals surface area contributed by atoms with Gasteiger partial charge in [-0.05, 0) is 5.56 Å². The van der Waals surface area contributed by atoms with Crippen molar-refractivity contribution in [2.45, 2.75) is 6.61 Å². The second-order valence-electron chi connectivity index (χ2n) is 3.94. The van der Waals surface area contributed by atoms with E-state index < -0.39 is 0 Å². The standard InChI is InChI=1S/C14H12N4O/c1-2-4-12(5-3-1)11-19-14-6-9-18(17-14)13-10-15-7-8-16-13/h1-10H,11H2. The molecule has 0 aliphatic rings. The van der Waals surface area contributed by atoms with Crippen molar-refractivity contribution in [3.8, 4) is 11.7 Å². The first-order valence-corrected chi connectivity index (χ1v) is 5.90. The first kappa shape index (κ1) is 11.4. The van der Waals surface area contributed by atoms with Gasteiger partial charge >= 0.3 is 0 Å². The summed E-state index contributed by atoms with van der Waals surface area (Å²) in [6, 6.07) is 11.8. The number of aromatic nitrogens is 4. The lowest BCUT2D eigenvalue weighted by molar-refractivity contribution is 0.292. The second kappa shape index (κ2) is 5.30. The molecule has 0 aliphatic carbocycles. The molecule has 0 atom stereocenters. The van der Waals surface area contributed by atoms with Crippen molar-refractivity contribution in [2.24, 2.45) is 0 Å². The highest BCUT2D eigenvalue weighted by molar-refractivity contribution is 5.20. The van der Waals surface area contributed by atoms with Gasteiger partial charge in [-0.15, -0.1) is 5.10 Å². The number of hydrogen-bond donors (Lipinski definition) is 0. The van der Waals surface area contributed by atoms with Crippen LogP contribution in [0.3, 0.4) is 0 Å². The molecule has 0 amide bonds. The summed E-state index contributed by atoms with van der Waals surface area (Å²) in [4.78, 5) is 8.16. The molecule has 2 heterocycles. The zero-order valence-corrected chi connectivity index (χ0v) is 10.2. The topological polar surface area (TPSA) is 52.8 Å². The van der Waals surface area contributed by atoms with Gasteiger partial charge in [-0.2, -0.15) is 0 Å². The molecule has 0 N–H and O–H groups in total. The molecule has 5 heteroatoms. The van der Waals surface area contributed by atoms with Gasteiger partial charge in [0.05, 0.1) is 6.20 Å². The summed E-state index contributed by atoms with van der Waals surface area (Å²) in [5, 5.41) is 4.29. The van der Waals surface area contributed by atoms with Gasteiger partial charge in [-0.3, -0.25) is 4.98 Å². The van der Waals surface area contributed by atoms with Crippen LogP contribution in [0.5, 0.6) is 5.88 Å². The smallest absolute Gasteiger partial charge is 0.233 e. The van der Waals surface area contributed by atoms with Crippen molar-refractivity contribution >= 4 is 0 Å². The monoisotopic (exact) mass is 252 g/mol. The summed E-state index contributed by atoms with van der Waals surface area (Å²) in [5.41, 5.74) is 1.11. The molecule has 3 aromatic rings. The maximum Gasteiger partial charge on any atom is 0.233 e. The van der Waals surface area contributed by atoms with Crippen LogP contribution in [0.15, 0.2) is 61.2 Å². The molecule has 0 aliphatic heterocycles. The summed E-state index contributed by atoms with van der Waals surface area (Å²) < 4.78 is 7.25. The molecule has 0 radical (unpaired) electrons. The van der Waals surface area contributed by atoms with Gasteiger partial charge in [0.15, 0.2) is 5.82 Å². The van der Waals surface area contributed by atoms with E-state index in [2.05, 4.69) is 15.1 Å². The number of nitrogens with zero attached hydrogens (tertiary/aromatic N) is 4. The molecule has 2 aromatic heterocycles. The molecule has 5 nitrogen and oxygen atoms in total. The maximum atomic E-state index is 5.61. The first-order valence-electron chi connectivity index (χ1n) is 5.90. The van der Waals surface area contributed by atoms with E-state index in [4.69, 9.17) is 4.74 Å². The number of rotatable bonds is 4. The van der Waals surface area contributed by atoms with Crippen molar-refractivity contribution in [2.75, 3.05) is 0 Å². The van der Waals surface area contributed by atoms with Gasteiger partial charge in [0.2, 0.25) is 5.88 Å². The zero-order valence-electron chi connectivity index (χ0n) is 10.2. The minimum Gasteiger partial charge on any atom is -0.472 e. The first-order chi connectivity index (χ1) is 9.42. The van der Waals surface area contributed by atoms with E-state index in [0.29, 0.717) is 18.3 Å². The number of ether oxygens (including phenoxy) is 1. The lowest BCUT2D eigenvalue weighted by Crippen LogP contribution is -2.00. The van der Waals surface area contributed by atoms with Gasteiger partial charge in [0.25, 0.3) is 0 Å². The molecular weight excluding hydrogens is 240 g/mol. The van der Waals surface area contributed by atoms with E-state index in [1.54, 1.807) is 35.5 Å². The Morgan fingerprint density at radius 2 is 1.95 bits per heavy atom.